The third kappa shape index (κ3) is 6.33. The predicted octanol–water partition coefficient (Wildman–Crippen LogP) is 12.8. The van der Waals surface area contributed by atoms with Crippen LogP contribution in [0.15, 0.2) is 122 Å². The Kier molecular flexibility index (Phi) is 9.82. The summed E-state index contributed by atoms with van der Waals surface area (Å²) >= 11 is 0. The number of para-hydroxylation sites is 3. The zero-order valence-electron chi connectivity index (χ0n) is 32.8. The molecular formula is C49H49N4Pt-. The predicted molar refractivity (Wildman–Crippen MR) is 223 cm³/mol. The van der Waals surface area contributed by atoms with Crippen LogP contribution in [-0.4, -0.2) is 18.7 Å². The van der Waals surface area contributed by atoms with Gasteiger partial charge in [0, 0.05) is 50.6 Å². The second-order valence-corrected chi connectivity index (χ2v) is 16.6. The largest absolute Gasteiger partial charge is 0.319 e. The average Bonchev–Trinajstić information content (AvgIpc) is 3.71. The van der Waals surface area contributed by atoms with E-state index in [9.17, 15) is 0 Å². The smallest absolute Gasteiger partial charge is 0.188 e. The summed E-state index contributed by atoms with van der Waals surface area (Å²) in [6.07, 6.45) is 4.18. The summed E-state index contributed by atoms with van der Waals surface area (Å²) in [5.74, 6) is 1.70. The summed E-state index contributed by atoms with van der Waals surface area (Å²) in [6.45, 7) is 20.4. The molecule has 4 nitrogen and oxygen atoms in total. The van der Waals surface area contributed by atoms with Crippen molar-refractivity contribution < 1.29 is 21.1 Å². The maximum absolute atomic E-state index is 5.03. The van der Waals surface area contributed by atoms with E-state index in [0.717, 1.165) is 39.2 Å². The van der Waals surface area contributed by atoms with Crippen LogP contribution in [0.4, 0.5) is 0 Å². The van der Waals surface area contributed by atoms with E-state index in [1.807, 2.05) is 6.20 Å². The molecule has 0 fully saturated rings. The van der Waals surface area contributed by atoms with E-state index in [1.54, 1.807) is 0 Å². The summed E-state index contributed by atoms with van der Waals surface area (Å²) in [7, 11) is 0. The molecule has 0 aliphatic heterocycles. The van der Waals surface area contributed by atoms with Crippen LogP contribution >= 0.6 is 0 Å². The van der Waals surface area contributed by atoms with E-state index < -0.39 is 0 Å². The van der Waals surface area contributed by atoms with E-state index in [-0.39, 0.29) is 32.0 Å². The standard InChI is InChI=1S/C49H49N4.Pt/c1-32(2)38-19-15-20-39(33(3)4)47(38)34-26-27-50-46(28-34)53-42-21-11-10-18-40(42)41-25-24-36(30-45(41)53)49(8,9)35-16-14-17-37(29-35)51-31-52(48(5,6)7)44-23-13-12-22-43(44)51;/h10-28,31-33H,1-9H3;/q-1;. The number of rotatable bonds is 7. The fourth-order valence-corrected chi connectivity index (χ4v) is 8.02. The van der Waals surface area contributed by atoms with Gasteiger partial charge in [-0.15, -0.1) is 23.1 Å². The number of aromatic nitrogens is 4. The van der Waals surface area contributed by atoms with Crippen LogP contribution in [-0.2, 0) is 32.0 Å². The van der Waals surface area contributed by atoms with Crippen molar-refractivity contribution in [1.29, 1.82) is 0 Å². The molecule has 8 aromatic rings. The van der Waals surface area contributed by atoms with Crippen LogP contribution < -0.4 is 0 Å². The first-order valence-corrected chi connectivity index (χ1v) is 19.0. The van der Waals surface area contributed by atoms with Crippen molar-refractivity contribution in [3.63, 3.8) is 0 Å². The van der Waals surface area contributed by atoms with Gasteiger partial charge in [0.2, 0.25) is 0 Å². The van der Waals surface area contributed by atoms with Gasteiger partial charge < -0.3 is 4.57 Å². The minimum absolute atomic E-state index is 0. The topological polar surface area (TPSA) is 27.7 Å². The van der Waals surface area contributed by atoms with E-state index in [0.29, 0.717) is 11.8 Å². The number of hydrogen-bond acceptors (Lipinski definition) is 1. The van der Waals surface area contributed by atoms with Crippen molar-refractivity contribution in [3.8, 4) is 22.6 Å². The van der Waals surface area contributed by atoms with E-state index in [2.05, 4.69) is 204 Å². The van der Waals surface area contributed by atoms with Crippen LogP contribution in [0.3, 0.4) is 0 Å². The second-order valence-electron chi connectivity index (χ2n) is 16.6. The van der Waals surface area contributed by atoms with Gasteiger partial charge in [-0.05, 0) is 96.0 Å². The molecule has 0 amide bonds. The molecule has 0 radical (unpaired) electrons. The molecule has 0 aliphatic rings. The molecule has 0 bridgehead atoms. The minimum Gasteiger partial charge on any atom is -0.319 e. The monoisotopic (exact) mass is 888 g/mol. The normalized spacial score (nSPS) is 12.4. The number of fused-ring (bicyclic) bond motifs is 4. The van der Waals surface area contributed by atoms with Gasteiger partial charge in [0.1, 0.15) is 5.82 Å². The van der Waals surface area contributed by atoms with E-state index in [1.165, 1.54) is 38.5 Å². The fourth-order valence-electron chi connectivity index (χ4n) is 8.02. The van der Waals surface area contributed by atoms with Crippen LogP contribution in [0.25, 0.3) is 55.5 Å². The van der Waals surface area contributed by atoms with Gasteiger partial charge >= 0.3 is 0 Å². The Labute approximate surface area is 334 Å². The van der Waals surface area contributed by atoms with E-state index in [4.69, 9.17) is 4.98 Å². The SMILES string of the molecule is CC(C)c1cccc(C(C)C)c1-c1ccnc(-n2c3[c-]c(C(C)(C)c4[c-]c(-n5[cH+]n(C(C)(C)C)c6ccccc65)ccc4)ccc3c3ccccc32)c1.[Pt]. The van der Waals surface area contributed by atoms with Crippen LogP contribution in [0.1, 0.15) is 96.4 Å². The Morgan fingerprint density at radius 2 is 1.26 bits per heavy atom. The number of nitrogens with zero attached hydrogens (tertiary/aromatic N) is 4. The van der Waals surface area contributed by atoms with Gasteiger partial charge in [0.25, 0.3) is 0 Å². The fraction of sp³-hybridized carbons (Fsp3) is 0.265. The Balaban J connectivity index is 0.00000450. The molecule has 3 aromatic heterocycles. The molecule has 0 spiro atoms. The Morgan fingerprint density at radius 3 is 1.94 bits per heavy atom. The quantitative estimate of drug-likeness (QED) is 0.147. The van der Waals surface area contributed by atoms with Crippen molar-refractivity contribution in [3.05, 3.63) is 156 Å². The summed E-state index contributed by atoms with van der Waals surface area (Å²) in [5, 5.41) is 2.36. The van der Waals surface area contributed by atoms with Crippen molar-refractivity contribution in [2.75, 3.05) is 0 Å². The molecule has 0 aliphatic carbocycles. The second kappa shape index (κ2) is 14.1. The van der Waals surface area contributed by atoms with Crippen molar-refractivity contribution in [2.45, 2.75) is 85.1 Å². The van der Waals surface area contributed by atoms with Crippen LogP contribution in [0.2, 0.25) is 0 Å². The summed E-state index contributed by atoms with van der Waals surface area (Å²) in [5.41, 5.74) is 12.6. The van der Waals surface area contributed by atoms with Gasteiger partial charge in [0.05, 0.1) is 5.54 Å². The number of benzene rings is 5. The van der Waals surface area contributed by atoms with Crippen molar-refractivity contribution in [2.24, 2.45) is 0 Å². The maximum atomic E-state index is 5.03. The van der Waals surface area contributed by atoms with Gasteiger partial charge in [0.15, 0.2) is 17.4 Å². The van der Waals surface area contributed by atoms with Gasteiger partial charge in [-0.3, -0.25) is 0 Å². The molecule has 0 saturated carbocycles. The molecule has 276 valence electrons. The summed E-state index contributed by atoms with van der Waals surface area (Å²) in [4.78, 5) is 5.03. The van der Waals surface area contributed by atoms with Gasteiger partial charge in [-0.2, -0.15) is 35.9 Å². The van der Waals surface area contributed by atoms with Crippen molar-refractivity contribution >= 4 is 32.8 Å². The summed E-state index contributed by atoms with van der Waals surface area (Å²) in [6, 6.07) is 47.3. The van der Waals surface area contributed by atoms with Gasteiger partial charge in [-0.1, -0.05) is 83.5 Å². The minimum atomic E-state index is -0.383. The molecule has 0 atom stereocenters. The molecule has 0 saturated heterocycles. The average molecular weight is 889 g/mol. The Morgan fingerprint density at radius 1 is 0.630 bits per heavy atom. The molecule has 5 heteroatoms. The first kappa shape index (κ1) is 37.5. The first-order valence-electron chi connectivity index (χ1n) is 19.0. The first-order chi connectivity index (χ1) is 25.3. The third-order valence-electron chi connectivity index (χ3n) is 11.0. The third-order valence-corrected chi connectivity index (χ3v) is 11.0. The Hall–Kier alpha value is -4.79. The number of pyridine rings is 1. The van der Waals surface area contributed by atoms with E-state index >= 15 is 0 Å². The molecular weight excluding hydrogens is 840 g/mol. The zero-order valence-corrected chi connectivity index (χ0v) is 35.1. The zero-order chi connectivity index (χ0) is 37.2. The number of imidazole rings is 1. The molecule has 3 heterocycles. The molecule has 0 unspecified atom stereocenters. The molecule has 5 aromatic carbocycles. The van der Waals surface area contributed by atoms with Crippen LogP contribution in [0.5, 0.6) is 0 Å². The van der Waals surface area contributed by atoms with Gasteiger partial charge in [-0.25, -0.2) is 14.1 Å². The van der Waals surface area contributed by atoms with Crippen molar-refractivity contribution in [1.82, 2.24) is 18.7 Å². The molecule has 0 N–H and O–H groups in total. The number of hydrogen-bond donors (Lipinski definition) is 0. The van der Waals surface area contributed by atoms with Crippen LogP contribution in [0, 0.1) is 12.1 Å². The maximum Gasteiger partial charge on any atom is 0.188 e. The molecule has 8 rings (SSSR count). The summed E-state index contributed by atoms with van der Waals surface area (Å²) < 4.78 is 6.92. The Bertz CT molecular complexity index is 2620. The molecule has 54 heavy (non-hydrogen) atoms.